The second-order valence-electron chi connectivity index (χ2n) is 8.83. The third-order valence-electron chi connectivity index (χ3n) is 6.62. The molecular formula is C29H29N3O5. The summed E-state index contributed by atoms with van der Waals surface area (Å²) in [4.78, 5) is 23.2. The first-order valence-corrected chi connectivity index (χ1v) is 12.2. The van der Waals surface area contributed by atoms with Crippen molar-refractivity contribution in [1.82, 2.24) is 14.9 Å². The van der Waals surface area contributed by atoms with Crippen LogP contribution in [0, 0.1) is 0 Å². The van der Waals surface area contributed by atoms with Gasteiger partial charge in [0.25, 0.3) is 5.91 Å². The minimum atomic E-state index is 0.00340. The maximum atomic E-state index is 12.7. The molecule has 4 aromatic rings. The number of nitrogens with zero attached hydrogens (tertiary/aromatic N) is 3. The van der Waals surface area contributed by atoms with E-state index in [9.17, 15) is 4.79 Å². The lowest BCUT2D eigenvalue weighted by Crippen LogP contribution is -2.40. The average molecular weight is 500 g/mol. The summed E-state index contributed by atoms with van der Waals surface area (Å²) in [5.41, 5.74) is 2.02. The standard InChI is InChI=1S/C29H29N3O5/c1-34-26-16-24-25(17-27(26)35-2)30-19-31-29(24)37-23-10-8-22(9-11-23)36-18-28(33)32-14-12-21(13-15-32)20-6-4-3-5-7-20/h3-11,16-17,19,21H,12-15,18H2,1-2H3. The molecule has 0 spiro atoms. The number of methoxy groups -OCH3 is 2. The first kappa shape index (κ1) is 24.4. The molecule has 0 bridgehead atoms. The molecule has 0 unspecified atom stereocenters. The van der Waals surface area contributed by atoms with Crippen molar-refractivity contribution >= 4 is 16.8 Å². The van der Waals surface area contributed by atoms with Gasteiger partial charge in [0.1, 0.15) is 17.8 Å². The third-order valence-corrected chi connectivity index (χ3v) is 6.62. The Bertz CT molecular complexity index is 1350. The molecular weight excluding hydrogens is 470 g/mol. The van der Waals surface area contributed by atoms with Crippen LogP contribution in [0.3, 0.4) is 0 Å². The summed E-state index contributed by atoms with van der Waals surface area (Å²) >= 11 is 0. The van der Waals surface area contributed by atoms with Crippen LogP contribution >= 0.6 is 0 Å². The molecule has 2 heterocycles. The molecule has 0 saturated carbocycles. The molecule has 1 aromatic heterocycles. The first-order valence-electron chi connectivity index (χ1n) is 12.2. The predicted octanol–water partition coefficient (Wildman–Crippen LogP) is 5.22. The van der Waals surface area contributed by atoms with E-state index >= 15 is 0 Å². The van der Waals surface area contributed by atoms with E-state index in [0.717, 1.165) is 25.9 Å². The summed E-state index contributed by atoms with van der Waals surface area (Å²) in [6.07, 6.45) is 3.38. The number of benzene rings is 3. The average Bonchev–Trinajstić information content (AvgIpc) is 2.96. The highest BCUT2D eigenvalue weighted by molar-refractivity contribution is 5.87. The Hall–Kier alpha value is -4.33. The number of hydrogen-bond acceptors (Lipinski definition) is 7. The second-order valence-corrected chi connectivity index (χ2v) is 8.83. The number of aromatic nitrogens is 2. The Morgan fingerprint density at radius 3 is 2.27 bits per heavy atom. The minimum Gasteiger partial charge on any atom is -0.493 e. The van der Waals surface area contributed by atoms with Gasteiger partial charge < -0.3 is 23.8 Å². The number of amides is 1. The molecule has 1 aliphatic rings. The monoisotopic (exact) mass is 499 g/mol. The smallest absolute Gasteiger partial charge is 0.260 e. The van der Waals surface area contributed by atoms with E-state index in [1.54, 1.807) is 50.6 Å². The normalized spacial score (nSPS) is 13.8. The Morgan fingerprint density at radius 2 is 1.57 bits per heavy atom. The zero-order valence-corrected chi connectivity index (χ0v) is 20.9. The molecule has 8 nitrogen and oxygen atoms in total. The van der Waals surface area contributed by atoms with Gasteiger partial charge >= 0.3 is 0 Å². The minimum absolute atomic E-state index is 0.00340. The van der Waals surface area contributed by atoms with Gasteiger partial charge in [-0.15, -0.1) is 0 Å². The van der Waals surface area contributed by atoms with Crippen molar-refractivity contribution in [2.45, 2.75) is 18.8 Å². The topological polar surface area (TPSA) is 83.0 Å². The molecule has 1 amide bonds. The largest absolute Gasteiger partial charge is 0.493 e. The Morgan fingerprint density at radius 1 is 0.892 bits per heavy atom. The molecule has 3 aromatic carbocycles. The number of fused-ring (bicyclic) bond motifs is 1. The number of carbonyl (C=O) groups is 1. The maximum Gasteiger partial charge on any atom is 0.260 e. The predicted molar refractivity (Wildman–Crippen MR) is 140 cm³/mol. The number of rotatable bonds is 8. The van der Waals surface area contributed by atoms with Crippen molar-refractivity contribution in [3.63, 3.8) is 0 Å². The van der Waals surface area contributed by atoms with Gasteiger partial charge in [-0.2, -0.15) is 0 Å². The molecule has 0 radical (unpaired) electrons. The second kappa shape index (κ2) is 11.2. The van der Waals surface area contributed by atoms with Crippen molar-refractivity contribution in [2.75, 3.05) is 33.9 Å². The van der Waals surface area contributed by atoms with E-state index in [0.29, 0.717) is 45.7 Å². The van der Waals surface area contributed by atoms with E-state index in [-0.39, 0.29) is 12.5 Å². The van der Waals surface area contributed by atoms with Gasteiger partial charge in [0.2, 0.25) is 5.88 Å². The van der Waals surface area contributed by atoms with Gasteiger partial charge in [0.15, 0.2) is 18.1 Å². The zero-order valence-electron chi connectivity index (χ0n) is 20.9. The van der Waals surface area contributed by atoms with Crippen LogP contribution in [-0.4, -0.2) is 54.7 Å². The molecule has 8 heteroatoms. The molecule has 190 valence electrons. The lowest BCUT2D eigenvalue weighted by molar-refractivity contribution is -0.134. The van der Waals surface area contributed by atoms with E-state index in [2.05, 4.69) is 34.2 Å². The zero-order chi connectivity index (χ0) is 25.6. The highest BCUT2D eigenvalue weighted by Crippen LogP contribution is 2.36. The van der Waals surface area contributed by atoms with Gasteiger partial charge in [-0.1, -0.05) is 30.3 Å². The van der Waals surface area contributed by atoms with E-state index in [4.69, 9.17) is 18.9 Å². The van der Waals surface area contributed by atoms with Crippen LogP contribution in [0.5, 0.6) is 28.9 Å². The SMILES string of the molecule is COc1cc2ncnc(Oc3ccc(OCC(=O)N4CCC(c5ccccc5)CC4)cc3)c2cc1OC. The quantitative estimate of drug-likeness (QED) is 0.329. The summed E-state index contributed by atoms with van der Waals surface area (Å²) in [6.45, 7) is 1.50. The molecule has 5 rings (SSSR count). The van der Waals surface area contributed by atoms with Crippen molar-refractivity contribution in [1.29, 1.82) is 0 Å². The van der Waals surface area contributed by atoms with Crippen LogP contribution in [0.4, 0.5) is 0 Å². The van der Waals surface area contributed by atoms with Crippen molar-refractivity contribution in [3.8, 4) is 28.9 Å². The lowest BCUT2D eigenvalue weighted by Gasteiger charge is -2.32. The molecule has 1 aliphatic heterocycles. The van der Waals surface area contributed by atoms with Crippen LogP contribution in [0.25, 0.3) is 10.9 Å². The van der Waals surface area contributed by atoms with Crippen LogP contribution in [0.2, 0.25) is 0 Å². The summed E-state index contributed by atoms with van der Waals surface area (Å²) < 4.78 is 22.5. The molecule has 37 heavy (non-hydrogen) atoms. The summed E-state index contributed by atoms with van der Waals surface area (Å²) in [5.74, 6) is 3.23. The fraction of sp³-hybridized carbons (Fsp3) is 0.276. The summed E-state index contributed by atoms with van der Waals surface area (Å²) in [5, 5.41) is 0.696. The molecule has 0 aliphatic carbocycles. The summed E-state index contributed by atoms with van der Waals surface area (Å²) in [6, 6.07) is 21.2. The molecule has 0 N–H and O–H groups in total. The Balaban J connectivity index is 1.17. The Labute approximate surface area is 215 Å². The highest BCUT2D eigenvalue weighted by Gasteiger charge is 2.24. The van der Waals surface area contributed by atoms with Crippen LogP contribution in [-0.2, 0) is 4.79 Å². The number of carbonyl (C=O) groups excluding carboxylic acids is 1. The van der Waals surface area contributed by atoms with Gasteiger partial charge in [0, 0.05) is 19.2 Å². The highest BCUT2D eigenvalue weighted by atomic mass is 16.5. The fourth-order valence-corrected chi connectivity index (χ4v) is 4.58. The third kappa shape index (κ3) is 5.58. The van der Waals surface area contributed by atoms with Gasteiger partial charge in [0.05, 0.1) is 25.1 Å². The maximum absolute atomic E-state index is 12.7. The van der Waals surface area contributed by atoms with Gasteiger partial charge in [-0.05, 0) is 54.7 Å². The molecule has 0 atom stereocenters. The number of likely N-dealkylation sites (tertiary alicyclic amines) is 1. The molecule has 1 saturated heterocycles. The Kier molecular flexibility index (Phi) is 7.35. The number of ether oxygens (including phenoxy) is 4. The van der Waals surface area contributed by atoms with Gasteiger partial charge in [-0.3, -0.25) is 4.79 Å². The lowest BCUT2D eigenvalue weighted by atomic mass is 9.89. The van der Waals surface area contributed by atoms with Crippen molar-refractivity contribution < 1.29 is 23.7 Å². The fourth-order valence-electron chi connectivity index (χ4n) is 4.58. The first-order chi connectivity index (χ1) is 18.1. The van der Waals surface area contributed by atoms with Crippen LogP contribution in [0.1, 0.15) is 24.3 Å². The van der Waals surface area contributed by atoms with Crippen LogP contribution in [0.15, 0.2) is 73.1 Å². The van der Waals surface area contributed by atoms with E-state index in [1.165, 1.54) is 11.9 Å². The number of hydrogen-bond donors (Lipinski definition) is 0. The number of piperidine rings is 1. The van der Waals surface area contributed by atoms with Gasteiger partial charge in [-0.25, -0.2) is 9.97 Å². The molecule has 1 fully saturated rings. The van der Waals surface area contributed by atoms with Crippen LogP contribution < -0.4 is 18.9 Å². The van der Waals surface area contributed by atoms with Crippen molar-refractivity contribution in [3.05, 3.63) is 78.6 Å². The van der Waals surface area contributed by atoms with Crippen molar-refractivity contribution in [2.24, 2.45) is 0 Å². The van der Waals surface area contributed by atoms with E-state index < -0.39 is 0 Å². The van der Waals surface area contributed by atoms with E-state index in [1.807, 2.05) is 11.0 Å². The summed E-state index contributed by atoms with van der Waals surface area (Å²) in [7, 11) is 3.15.